The standard InChI is InChI=1S/C19H22N2/c1-2-19-9-7-17-15(11-19)18-14(8-10-21(17)12-19)13-5-3-4-6-16(13)20-18/h3-7,9,15,17,20H,2,8,10-12H2,1H3/t15?,17-,19-/m0/s1. The lowest BCUT2D eigenvalue weighted by atomic mass is 9.65. The minimum Gasteiger partial charge on any atom is -0.358 e. The zero-order valence-electron chi connectivity index (χ0n) is 12.6. The second-order valence-electron chi connectivity index (χ2n) is 7.16. The zero-order chi connectivity index (χ0) is 14.0. The monoisotopic (exact) mass is 278 g/mol. The summed E-state index contributed by atoms with van der Waals surface area (Å²) in [6.07, 6.45) is 8.81. The van der Waals surface area contributed by atoms with Gasteiger partial charge < -0.3 is 4.98 Å². The van der Waals surface area contributed by atoms with Crippen LogP contribution in [0.15, 0.2) is 36.4 Å². The number of rotatable bonds is 1. The molecule has 1 N–H and O–H groups in total. The van der Waals surface area contributed by atoms with Gasteiger partial charge in [-0.2, -0.15) is 0 Å². The molecule has 0 spiro atoms. The van der Waals surface area contributed by atoms with Crippen molar-refractivity contribution in [3.8, 4) is 0 Å². The Balaban J connectivity index is 1.72. The lowest BCUT2D eigenvalue weighted by molar-refractivity contribution is 0.0579. The van der Waals surface area contributed by atoms with Crippen LogP contribution >= 0.6 is 0 Å². The molecular weight excluding hydrogens is 256 g/mol. The van der Waals surface area contributed by atoms with Crippen LogP contribution in [-0.2, 0) is 6.42 Å². The summed E-state index contributed by atoms with van der Waals surface area (Å²) in [4.78, 5) is 6.51. The quantitative estimate of drug-likeness (QED) is 0.785. The van der Waals surface area contributed by atoms with E-state index in [-0.39, 0.29) is 0 Å². The highest BCUT2D eigenvalue weighted by Gasteiger charge is 2.48. The predicted octanol–water partition coefficient (Wildman–Crippen LogP) is 3.85. The first-order valence-electron chi connectivity index (χ1n) is 8.32. The fourth-order valence-corrected chi connectivity index (χ4v) is 5.00. The summed E-state index contributed by atoms with van der Waals surface area (Å²) in [5, 5.41) is 1.45. The zero-order valence-corrected chi connectivity index (χ0v) is 12.6. The van der Waals surface area contributed by atoms with Crippen molar-refractivity contribution < 1.29 is 0 Å². The Labute approximate surface area is 125 Å². The molecule has 1 aromatic carbocycles. The van der Waals surface area contributed by atoms with Crippen LogP contribution in [0.2, 0.25) is 0 Å². The average Bonchev–Trinajstić information content (AvgIpc) is 2.87. The van der Waals surface area contributed by atoms with Gasteiger partial charge in [0.1, 0.15) is 0 Å². The number of piperidine rings is 1. The molecule has 4 atom stereocenters. The maximum absolute atomic E-state index is 3.78. The van der Waals surface area contributed by atoms with Crippen molar-refractivity contribution in [2.75, 3.05) is 13.1 Å². The Morgan fingerprint density at radius 1 is 1.33 bits per heavy atom. The molecule has 21 heavy (non-hydrogen) atoms. The normalized spacial score (nSPS) is 36.7. The molecule has 2 heteroatoms. The Morgan fingerprint density at radius 3 is 3.14 bits per heavy atom. The maximum Gasteiger partial charge on any atom is 0.0459 e. The van der Waals surface area contributed by atoms with Gasteiger partial charge in [-0.05, 0) is 30.9 Å². The van der Waals surface area contributed by atoms with Gasteiger partial charge in [-0.25, -0.2) is 0 Å². The fraction of sp³-hybridized carbons (Fsp3) is 0.474. The Morgan fingerprint density at radius 2 is 2.24 bits per heavy atom. The van der Waals surface area contributed by atoms with Crippen LogP contribution in [0.1, 0.15) is 36.9 Å². The van der Waals surface area contributed by atoms with E-state index in [1.807, 2.05) is 0 Å². The van der Waals surface area contributed by atoms with Crippen LogP contribution in [0.3, 0.4) is 0 Å². The van der Waals surface area contributed by atoms with Gasteiger partial charge in [-0.3, -0.25) is 4.90 Å². The van der Waals surface area contributed by atoms with Gasteiger partial charge in [-0.15, -0.1) is 0 Å². The number of nitrogens with one attached hydrogen (secondary N) is 1. The lowest BCUT2D eigenvalue weighted by Gasteiger charge is -2.52. The summed E-state index contributed by atoms with van der Waals surface area (Å²) in [5.41, 5.74) is 4.86. The van der Waals surface area contributed by atoms with E-state index in [1.165, 1.54) is 48.9 Å². The topological polar surface area (TPSA) is 19.0 Å². The summed E-state index contributed by atoms with van der Waals surface area (Å²) in [6.45, 7) is 4.83. The molecule has 0 saturated carbocycles. The van der Waals surface area contributed by atoms with Crippen LogP contribution in [0, 0.1) is 5.41 Å². The van der Waals surface area contributed by atoms with E-state index >= 15 is 0 Å². The molecule has 2 aromatic rings. The number of hydrogen-bond acceptors (Lipinski definition) is 1. The molecule has 4 bridgehead atoms. The van der Waals surface area contributed by atoms with E-state index in [0.29, 0.717) is 17.4 Å². The number of para-hydroxylation sites is 1. The molecule has 1 aliphatic carbocycles. The molecule has 1 fully saturated rings. The van der Waals surface area contributed by atoms with Crippen LogP contribution < -0.4 is 0 Å². The van der Waals surface area contributed by atoms with E-state index in [0.717, 1.165) is 0 Å². The molecule has 0 radical (unpaired) electrons. The molecule has 3 aliphatic heterocycles. The highest BCUT2D eigenvalue weighted by atomic mass is 15.2. The van der Waals surface area contributed by atoms with Crippen molar-refractivity contribution in [2.24, 2.45) is 5.41 Å². The number of aromatic nitrogens is 1. The van der Waals surface area contributed by atoms with E-state index in [4.69, 9.17) is 0 Å². The minimum atomic E-state index is 0.415. The van der Waals surface area contributed by atoms with Gasteiger partial charge in [0.2, 0.25) is 0 Å². The first-order valence-corrected chi connectivity index (χ1v) is 8.32. The van der Waals surface area contributed by atoms with E-state index < -0.39 is 0 Å². The summed E-state index contributed by atoms with van der Waals surface area (Å²) < 4.78 is 0. The van der Waals surface area contributed by atoms with Gasteiger partial charge in [0.15, 0.2) is 0 Å². The number of H-pyrrole nitrogens is 1. The number of fused-ring (bicyclic) bond motifs is 3. The van der Waals surface area contributed by atoms with Gasteiger partial charge >= 0.3 is 0 Å². The molecule has 0 amide bonds. The smallest absolute Gasteiger partial charge is 0.0459 e. The third-order valence-electron chi connectivity index (χ3n) is 6.20. The molecule has 1 saturated heterocycles. The van der Waals surface area contributed by atoms with E-state index in [2.05, 4.69) is 53.2 Å². The van der Waals surface area contributed by atoms with Crippen LogP contribution in [0.5, 0.6) is 0 Å². The van der Waals surface area contributed by atoms with E-state index in [9.17, 15) is 0 Å². The molecule has 4 aliphatic rings. The van der Waals surface area contributed by atoms with Crippen molar-refractivity contribution in [3.63, 3.8) is 0 Å². The highest BCUT2D eigenvalue weighted by molar-refractivity contribution is 5.85. The van der Waals surface area contributed by atoms with Gasteiger partial charge in [0.25, 0.3) is 0 Å². The Bertz CT molecular complexity index is 741. The third kappa shape index (κ3) is 1.51. The highest BCUT2D eigenvalue weighted by Crippen LogP contribution is 2.51. The fourth-order valence-electron chi connectivity index (χ4n) is 5.00. The second kappa shape index (κ2) is 4.01. The Kier molecular flexibility index (Phi) is 2.30. The molecule has 6 rings (SSSR count). The lowest BCUT2D eigenvalue weighted by Crippen LogP contribution is -2.54. The molecule has 108 valence electrons. The number of nitrogens with zero attached hydrogens (tertiary/aromatic N) is 1. The molecule has 1 aromatic heterocycles. The molecule has 2 nitrogen and oxygen atoms in total. The van der Waals surface area contributed by atoms with Gasteiger partial charge in [0, 0.05) is 47.1 Å². The van der Waals surface area contributed by atoms with Gasteiger partial charge in [-0.1, -0.05) is 37.3 Å². The SMILES string of the molecule is CC[C@]12C=C[C@H]3C(C1)c1[nH]c4ccccc4c1CCN3C2. The molecular formula is C19H22N2. The van der Waals surface area contributed by atoms with Crippen LogP contribution in [-0.4, -0.2) is 29.0 Å². The van der Waals surface area contributed by atoms with Gasteiger partial charge in [0.05, 0.1) is 0 Å². The van der Waals surface area contributed by atoms with Crippen molar-refractivity contribution in [1.82, 2.24) is 9.88 Å². The van der Waals surface area contributed by atoms with Crippen LogP contribution in [0.4, 0.5) is 0 Å². The maximum atomic E-state index is 3.78. The summed E-state index contributed by atoms with van der Waals surface area (Å²) in [5.74, 6) is 0.661. The number of hydrogen-bond donors (Lipinski definition) is 1. The number of benzene rings is 1. The average molecular weight is 278 g/mol. The van der Waals surface area contributed by atoms with Crippen molar-refractivity contribution in [1.29, 1.82) is 0 Å². The minimum absolute atomic E-state index is 0.415. The van der Waals surface area contributed by atoms with Crippen LogP contribution in [0.25, 0.3) is 10.9 Å². The van der Waals surface area contributed by atoms with Crippen molar-refractivity contribution in [2.45, 2.75) is 38.1 Å². The summed E-state index contributed by atoms with van der Waals surface area (Å²) >= 11 is 0. The summed E-state index contributed by atoms with van der Waals surface area (Å²) in [6, 6.07) is 9.46. The first kappa shape index (κ1) is 12.0. The predicted molar refractivity (Wildman–Crippen MR) is 86.6 cm³/mol. The largest absolute Gasteiger partial charge is 0.358 e. The second-order valence-corrected chi connectivity index (χ2v) is 7.16. The number of aromatic amines is 1. The van der Waals surface area contributed by atoms with Crippen molar-refractivity contribution in [3.05, 3.63) is 47.7 Å². The van der Waals surface area contributed by atoms with E-state index in [1.54, 1.807) is 5.56 Å². The molecule has 2 unspecified atom stereocenters. The third-order valence-corrected chi connectivity index (χ3v) is 6.20. The first-order chi connectivity index (χ1) is 10.3. The Hall–Kier alpha value is -1.54. The summed E-state index contributed by atoms with van der Waals surface area (Å²) in [7, 11) is 0. The van der Waals surface area contributed by atoms with Crippen molar-refractivity contribution >= 4 is 10.9 Å². The molecule has 4 heterocycles.